The molecule has 1 fully saturated rings. The molecule has 1 heterocycles. The highest BCUT2D eigenvalue weighted by molar-refractivity contribution is 6.31. The summed E-state index contributed by atoms with van der Waals surface area (Å²) in [7, 11) is 0. The Hall–Kier alpha value is -3.84. The van der Waals surface area contributed by atoms with E-state index in [0.717, 1.165) is 11.1 Å². The van der Waals surface area contributed by atoms with Crippen LogP contribution in [0.2, 0.25) is 5.02 Å². The molecule has 0 aliphatic carbocycles. The molecule has 37 heavy (non-hydrogen) atoms. The molecule has 2 N–H and O–H groups in total. The Kier molecular flexibility index (Phi) is 8.14. The standard InChI is InChI=1S/C29H30ClN3O4/c1-18(2)16-31-28(35)25-26(37-29(36)33(25)17-20-12-10-19(3)11-13-20)21-6-5-9-24(15-21)32-27(34)22-7-4-8-23(30)14-22/h4-15,18,25-26H,16-17H2,1-3H3,(H,31,35)(H,32,34)/t25-,26-/m1/s1. The second-order valence-corrected chi connectivity index (χ2v) is 10.0. The number of hydrogen-bond acceptors (Lipinski definition) is 4. The van der Waals surface area contributed by atoms with Crippen LogP contribution in [0.5, 0.6) is 0 Å². The van der Waals surface area contributed by atoms with Gasteiger partial charge in [-0.15, -0.1) is 0 Å². The minimum atomic E-state index is -0.869. The van der Waals surface area contributed by atoms with Crippen molar-refractivity contribution in [2.24, 2.45) is 5.92 Å². The van der Waals surface area contributed by atoms with Crippen molar-refractivity contribution in [1.29, 1.82) is 0 Å². The topological polar surface area (TPSA) is 87.7 Å². The van der Waals surface area contributed by atoms with Crippen LogP contribution in [0.25, 0.3) is 0 Å². The van der Waals surface area contributed by atoms with Crippen molar-refractivity contribution in [3.8, 4) is 0 Å². The first-order valence-corrected chi connectivity index (χ1v) is 12.6. The van der Waals surface area contributed by atoms with Crippen molar-refractivity contribution in [3.05, 3.63) is 100 Å². The lowest BCUT2D eigenvalue weighted by Crippen LogP contribution is -2.47. The van der Waals surface area contributed by atoms with Gasteiger partial charge in [0, 0.05) is 22.8 Å². The Morgan fingerprint density at radius 2 is 1.76 bits per heavy atom. The van der Waals surface area contributed by atoms with E-state index in [1.165, 1.54) is 4.90 Å². The summed E-state index contributed by atoms with van der Waals surface area (Å²) < 4.78 is 5.75. The predicted molar refractivity (Wildman–Crippen MR) is 143 cm³/mol. The number of cyclic esters (lactones) is 1. The Morgan fingerprint density at radius 1 is 1.03 bits per heavy atom. The Balaban J connectivity index is 1.60. The van der Waals surface area contributed by atoms with Gasteiger partial charge in [0.05, 0.1) is 6.54 Å². The van der Waals surface area contributed by atoms with Crippen LogP contribution in [0.15, 0.2) is 72.8 Å². The summed E-state index contributed by atoms with van der Waals surface area (Å²) in [6.45, 7) is 6.71. The van der Waals surface area contributed by atoms with E-state index in [9.17, 15) is 14.4 Å². The van der Waals surface area contributed by atoms with Crippen LogP contribution in [0.3, 0.4) is 0 Å². The van der Waals surface area contributed by atoms with Gasteiger partial charge >= 0.3 is 6.09 Å². The third-order valence-electron chi connectivity index (χ3n) is 6.07. The fourth-order valence-electron chi connectivity index (χ4n) is 4.14. The van der Waals surface area contributed by atoms with Crippen LogP contribution in [-0.2, 0) is 16.1 Å². The van der Waals surface area contributed by atoms with Crippen molar-refractivity contribution in [3.63, 3.8) is 0 Å². The zero-order valence-corrected chi connectivity index (χ0v) is 21.8. The minimum absolute atomic E-state index is 0.237. The maximum atomic E-state index is 13.3. The summed E-state index contributed by atoms with van der Waals surface area (Å²) >= 11 is 6.02. The SMILES string of the molecule is Cc1ccc(CN2C(=O)O[C@H](c3cccc(NC(=O)c4cccc(Cl)c4)c3)[C@@H]2C(=O)NCC(C)C)cc1. The molecule has 0 radical (unpaired) electrons. The number of nitrogens with one attached hydrogen (secondary N) is 2. The van der Waals surface area contributed by atoms with Gasteiger partial charge in [-0.2, -0.15) is 0 Å². The third kappa shape index (κ3) is 6.49. The van der Waals surface area contributed by atoms with Gasteiger partial charge in [-0.25, -0.2) is 4.79 Å². The maximum Gasteiger partial charge on any atom is 0.411 e. The van der Waals surface area contributed by atoms with E-state index in [-0.39, 0.29) is 24.3 Å². The summed E-state index contributed by atoms with van der Waals surface area (Å²) in [5.74, 6) is -0.365. The van der Waals surface area contributed by atoms with E-state index in [0.29, 0.717) is 28.4 Å². The summed E-state index contributed by atoms with van der Waals surface area (Å²) in [5.41, 5.74) is 3.53. The van der Waals surface area contributed by atoms with Gasteiger partial charge in [-0.05, 0) is 54.3 Å². The summed E-state index contributed by atoms with van der Waals surface area (Å²) in [5, 5.41) is 6.26. The highest BCUT2D eigenvalue weighted by Crippen LogP contribution is 2.35. The quantitative estimate of drug-likeness (QED) is 0.397. The Morgan fingerprint density at radius 3 is 2.46 bits per heavy atom. The number of carbonyl (C=O) groups is 3. The Bertz CT molecular complexity index is 1290. The first-order chi connectivity index (χ1) is 17.7. The van der Waals surface area contributed by atoms with Crippen LogP contribution in [0, 0.1) is 12.8 Å². The van der Waals surface area contributed by atoms with Crippen LogP contribution in [0.1, 0.15) is 47.0 Å². The monoisotopic (exact) mass is 519 g/mol. The molecule has 3 amide bonds. The number of benzene rings is 3. The van der Waals surface area contributed by atoms with Crippen molar-refractivity contribution in [2.75, 3.05) is 11.9 Å². The van der Waals surface area contributed by atoms with E-state index in [1.54, 1.807) is 48.5 Å². The Labute approximate surface area is 221 Å². The van der Waals surface area contributed by atoms with Gasteiger partial charge in [-0.1, -0.05) is 73.5 Å². The molecular formula is C29H30ClN3O4. The van der Waals surface area contributed by atoms with Crippen LogP contribution < -0.4 is 10.6 Å². The second kappa shape index (κ2) is 11.5. The van der Waals surface area contributed by atoms with E-state index in [2.05, 4.69) is 10.6 Å². The van der Waals surface area contributed by atoms with Crippen molar-refractivity contribution >= 4 is 35.2 Å². The van der Waals surface area contributed by atoms with Crippen LogP contribution in [-0.4, -0.2) is 35.4 Å². The fraction of sp³-hybridized carbons (Fsp3) is 0.276. The van der Waals surface area contributed by atoms with Gasteiger partial charge < -0.3 is 15.4 Å². The average molecular weight is 520 g/mol. The van der Waals surface area contributed by atoms with Crippen LogP contribution in [0.4, 0.5) is 10.5 Å². The normalized spacial score (nSPS) is 17.0. The lowest BCUT2D eigenvalue weighted by atomic mass is 9.99. The zero-order valence-electron chi connectivity index (χ0n) is 21.0. The van der Waals surface area contributed by atoms with Crippen molar-refractivity contribution in [1.82, 2.24) is 10.2 Å². The predicted octanol–water partition coefficient (Wildman–Crippen LogP) is 5.74. The molecule has 1 aliphatic heterocycles. The highest BCUT2D eigenvalue weighted by atomic mass is 35.5. The molecule has 3 aromatic carbocycles. The molecule has 8 heteroatoms. The molecule has 0 spiro atoms. The smallest absolute Gasteiger partial charge is 0.411 e. The summed E-state index contributed by atoms with van der Waals surface area (Å²) in [4.78, 5) is 40.5. The summed E-state index contributed by atoms with van der Waals surface area (Å²) in [6, 6.07) is 20.6. The number of nitrogens with zero attached hydrogens (tertiary/aromatic N) is 1. The highest BCUT2D eigenvalue weighted by Gasteiger charge is 2.47. The molecular weight excluding hydrogens is 490 g/mol. The zero-order chi connectivity index (χ0) is 26.5. The minimum Gasteiger partial charge on any atom is -0.438 e. The van der Waals surface area contributed by atoms with E-state index < -0.39 is 18.2 Å². The van der Waals surface area contributed by atoms with Gasteiger partial charge in [0.15, 0.2) is 12.1 Å². The number of amides is 3. The number of hydrogen-bond donors (Lipinski definition) is 2. The van der Waals surface area contributed by atoms with E-state index in [1.807, 2.05) is 45.0 Å². The van der Waals surface area contributed by atoms with Gasteiger partial charge in [0.25, 0.3) is 5.91 Å². The first-order valence-electron chi connectivity index (χ1n) is 12.2. The molecule has 192 valence electrons. The van der Waals surface area contributed by atoms with E-state index in [4.69, 9.17) is 16.3 Å². The number of carbonyl (C=O) groups excluding carboxylic acids is 3. The lowest BCUT2D eigenvalue weighted by molar-refractivity contribution is -0.126. The number of ether oxygens (including phenoxy) is 1. The van der Waals surface area contributed by atoms with Gasteiger partial charge in [-0.3, -0.25) is 14.5 Å². The molecule has 0 aromatic heterocycles. The third-order valence-corrected chi connectivity index (χ3v) is 6.31. The molecule has 1 aliphatic rings. The maximum absolute atomic E-state index is 13.3. The average Bonchev–Trinajstić information content (AvgIpc) is 3.20. The van der Waals surface area contributed by atoms with Crippen molar-refractivity contribution in [2.45, 2.75) is 39.5 Å². The number of anilines is 1. The molecule has 0 saturated carbocycles. The van der Waals surface area contributed by atoms with Gasteiger partial charge in [0.2, 0.25) is 5.91 Å². The van der Waals surface area contributed by atoms with Gasteiger partial charge in [0.1, 0.15) is 0 Å². The number of rotatable bonds is 8. The molecule has 1 saturated heterocycles. The fourth-order valence-corrected chi connectivity index (χ4v) is 4.33. The first kappa shape index (κ1) is 26.2. The summed E-state index contributed by atoms with van der Waals surface area (Å²) in [6.07, 6.45) is -1.41. The lowest BCUT2D eigenvalue weighted by Gasteiger charge is -2.25. The number of halogens is 1. The van der Waals surface area contributed by atoms with Crippen LogP contribution >= 0.6 is 11.6 Å². The van der Waals surface area contributed by atoms with Crippen molar-refractivity contribution < 1.29 is 19.1 Å². The molecule has 7 nitrogen and oxygen atoms in total. The number of aryl methyl sites for hydroxylation is 1. The molecule has 2 atom stereocenters. The molecule has 0 bridgehead atoms. The molecule has 4 rings (SSSR count). The van der Waals surface area contributed by atoms with E-state index >= 15 is 0 Å². The largest absolute Gasteiger partial charge is 0.438 e. The molecule has 3 aromatic rings. The molecule has 0 unspecified atom stereocenters. The second-order valence-electron chi connectivity index (χ2n) is 9.59.